The van der Waals surface area contributed by atoms with Crippen LogP contribution in [0.15, 0.2) is 4.99 Å². The Kier molecular flexibility index (Phi) is 2.16. The van der Waals surface area contributed by atoms with Gasteiger partial charge >= 0.3 is 0 Å². The number of hydrogen-bond acceptors (Lipinski definition) is 4. The third kappa shape index (κ3) is 1.36. The third-order valence-electron chi connectivity index (χ3n) is 1.27. The summed E-state index contributed by atoms with van der Waals surface area (Å²) in [5.41, 5.74) is 0. The van der Waals surface area contributed by atoms with Crippen LogP contribution in [-0.2, 0) is 14.4 Å². The minimum Gasteiger partial charge on any atom is -0.273 e. The van der Waals surface area contributed by atoms with Crippen LogP contribution in [0.1, 0.15) is 6.42 Å². The summed E-state index contributed by atoms with van der Waals surface area (Å²) in [6, 6.07) is -0.876. The van der Waals surface area contributed by atoms with E-state index in [1.165, 1.54) is 6.08 Å². The molecule has 0 aromatic heterocycles. The van der Waals surface area contributed by atoms with Gasteiger partial charge in [-0.25, -0.2) is 8.72 Å². The van der Waals surface area contributed by atoms with Crippen LogP contribution < -0.4 is 0 Å². The van der Waals surface area contributed by atoms with Crippen LogP contribution in [0.3, 0.4) is 0 Å². The van der Waals surface area contributed by atoms with Gasteiger partial charge in [0.05, 0.1) is 22.6 Å². The second-order valence-electron chi connectivity index (χ2n) is 1.95. The minimum absolute atomic E-state index is 0.0562. The Bertz CT molecular complexity index is 258. The van der Waals surface area contributed by atoms with Gasteiger partial charge in [0.25, 0.3) is 5.91 Å². The lowest BCUT2D eigenvalue weighted by Crippen LogP contribution is -2.21. The van der Waals surface area contributed by atoms with Crippen molar-refractivity contribution in [1.82, 2.24) is 3.93 Å². The smallest absolute Gasteiger partial charge is 0.265 e. The van der Waals surface area contributed by atoms with E-state index in [2.05, 4.69) is 21.1 Å². The van der Waals surface area contributed by atoms with Crippen molar-refractivity contribution < 1.29 is 14.4 Å². The van der Waals surface area contributed by atoms with Gasteiger partial charge < -0.3 is 0 Å². The fourth-order valence-electron chi connectivity index (χ4n) is 0.751. The average molecular weight is 219 g/mol. The normalized spacial score (nSPS) is 23.7. The first-order valence-corrected chi connectivity index (χ1v) is 3.47. The highest BCUT2D eigenvalue weighted by molar-refractivity contribution is 9.08. The maximum Gasteiger partial charge on any atom is 0.265 e. The van der Waals surface area contributed by atoms with Gasteiger partial charge in [-0.3, -0.25) is 9.59 Å². The number of imide groups is 1. The minimum atomic E-state index is -0.876. The van der Waals surface area contributed by atoms with E-state index in [0.717, 1.165) is 3.93 Å². The largest absolute Gasteiger partial charge is 0.273 e. The van der Waals surface area contributed by atoms with Gasteiger partial charge in [0.1, 0.15) is 0 Å². The molecule has 0 aliphatic carbocycles. The van der Waals surface area contributed by atoms with Gasteiger partial charge in [0.15, 0.2) is 6.04 Å². The fourth-order valence-corrected chi connectivity index (χ4v) is 1.13. The monoisotopic (exact) mass is 218 g/mol. The summed E-state index contributed by atoms with van der Waals surface area (Å²) in [6.07, 6.45) is 1.18. The van der Waals surface area contributed by atoms with Gasteiger partial charge in [0.2, 0.25) is 12.0 Å². The lowest BCUT2D eigenvalue weighted by molar-refractivity contribution is -0.131. The molecule has 1 rings (SSSR count). The molecule has 11 heavy (non-hydrogen) atoms. The zero-order valence-electron chi connectivity index (χ0n) is 5.28. The highest BCUT2D eigenvalue weighted by Gasteiger charge is 2.37. The van der Waals surface area contributed by atoms with Crippen molar-refractivity contribution in [3.63, 3.8) is 0 Å². The second kappa shape index (κ2) is 2.94. The number of isocyanates is 1. The zero-order valence-corrected chi connectivity index (χ0v) is 6.87. The van der Waals surface area contributed by atoms with Gasteiger partial charge in [-0.1, -0.05) is 0 Å². The van der Waals surface area contributed by atoms with Crippen molar-refractivity contribution in [2.24, 2.45) is 4.99 Å². The van der Waals surface area contributed by atoms with E-state index in [0.29, 0.717) is 0 Å². The predicted octanol–water partition coefficient (Wildman–Crippen LogP) is -0.240. The molecule has 1 unspecified atom stereocenters. The average Bonchev–Trinajstić information content (AvgIpc) is 2.19. The number of carbonyl (C=O) groups excluding carboxylic acids is 3. The Morgan fingerprint density at radius 2 is 2.27 bits per heavy atom. The van der Waals surface area contributed by atoms with Crippen molar-refractivity contribution >= 4 is 34.0 Å². The summed E-state index contributed by atoms with van der Waals surface area (Å²) in [4.78, 5) is 34.5. The topological polar surface area (TPSA) is 66.8 Å². The van der Waals surface area contributed by atoms with Crippen molar-refractivity contribution in [2.75, 3.05) is 0 Å². The van der Waals surface area contributed by atoms with E-state index in [4.69, 9.17) is 0 Å². The molecule has 1 fully saturated rings. The first kappa shape index (κ1) is 8.10. The molecule has 1 aliphatic heterocycles. The number of halogens is 1. The Morgan fingerprint density at radius 1 is 1.64 bits per heavy atom. The number of aliphatic imine (C=N–C) groups is 1. The molecule has 2 amide bonds. The molecule has 1 atom stereocenters. The predicted molar refractivity (Wildman–Crippen MR) is 37.3 cm³/mol. The first-order valence-electron chi connectivity index (χ1n) is 2.76. The molecule has 1 aliphatic rings. The molecular weight excluding hydrogens is 216 g/mol. The van der Waals surface area contributed by atoms with Crippen LogP contribution in [0.25, 0.3) is 0 Å². The van der Waals surface area contributed by atoms with Crippen LogP contribution in [-0.4, -0.2) is 27.9 Å². The Hall–Kier alpha value is -1.00. The fraction of sp³-hybridized carbons (Fsp3) is 0.400. The SMILES string of the molecule is O=C=NC1CC(=O)N(Br)C1=O. The molecule has 0 spiro atoms. The van der Waals surface area contributed by atoms with Gasteiger partial charge in [-0.05, 0) is 0 Å². The maximum absolute atomic E-state index is 10.9. The lowest BCUT2D eigenvalue weighted by Gasteiger charge is -1.99. The van der Waals surface area contributed by atoms with Crippen LogP contribution in [0.4, 0.5) is 0 Å². The molecule has 1 saturated heterocycles. The third-order valence-corrected chi connectivity index (χ3v) is 2.02. The molecule has 0 aromatic carbocycles. The molecular formula is C5H3BrN2O3. The summed E-state index contributed by atoms with van der Waals surface area (Å²) in [5.74, 6) is -0.905. The van der Waals surface area contributed by atoms with E-state index in [1.54, 1.807) is 0 Å². The number of amides is 2. The van der Waals surface area contributed by atoms with E-state index >= 15 is 0 Å². The molecule has 0 bridgehead atoms. The number of nitrogens with zero attached hydrogens (tertiary/aromatic N) is 2. The maximum atomic E-state index is 10.9. The van der Waals surface area contributed by atoms with Gasteiger partial charge in [-0.15, -0.1) is 0 Å². The molecule has 5 nitrogen and oxygen atoms in total. The lowest BCUT2D eigenvalue weighted by atomic mass is 10.3. The van der Waals surface area contributed by atoms with Gasteiger partial charge in [-0.2, -0.15) is 4.99 Å². The summed E-state index contributed by atoms with van der Waals surface area (Å²) < 4.78 is 0.776. The van der Waals surface area contributed by atoms with Crippen molar-refractivity contribution in [3.05, 3.63) is 0 Å². The molecule has 0 radical (unpaired) electrons. The molecule has 0 aromatic rings. The number of hydrogen-bond donors (Lipinski definition) is 0. The van der Waals surface area contributed by atoms with Crippen LogP contribution >= 0.6 is 16.1 Å². The Morgan fingerprint density at radius 3 is 2.64 bits per heavy atom. The van der Waals surface area contributed by atoms with Crippen molar-refractivity contribution in [3.8, 4) is 0 Å². The van der Waals surface area contributed by atoms with Crippen LogP contribution in [0.5, 0.6) is 0 Å². The number of carbonyl (C=O) groups is 2. The quantitative estimate of drug-likeness (QED) is 0.264. The molecule has 0 saturated carbocycles. The molecule has 58 valence electrons. The van der Waals surface area contributed by atoms with E-state index in [-0.39, 0.29) is 12.3 Å². The summed E-state index contributed by atoms with van der Waals surface area (Å²) >= 11 is 2.72. The first-order chi connectivity index (χ1) is 5.16. The van der Waals surface area contributed by atoms with E-state index < -0.39 is 11.9 Å². The standard InChI is InChI=1S/C5H3BrN2O3/c6-8-4(10)1-3(5(8)11)7-2-9/h3H,1H2. The van der Waals surface area contributed by atoms with E-state index in [1.807, 2.05) is 0 Å². The summed E-state index contributed by atoms with van der Waals surface area (Å²) in [5, 5.41) is 0. The van der Waals surface area contributed by atoms with Gasteiger partial charge in [0, 0.05) is 0 Å². The molecule has 6 heteroatoms. The number of rotatable bonds is 1. The van der Waals surface area contributed by atoms with Crippen LogP contribution in [0.2, 0.25) is 0 Å². The zero-order chi connectivity index (χ0) is 8.43. The molecule has 1 heterocycles. The van der Waals surface area contributed by atoms with Crippen molar-refractivity contribution in [1.29, 1.82) is 0 Å². The van der Waals surface area contributed by atoms with Crippen LogP contribution in [0, 0.1) is 0 Å². The summed E-state index contributed by atoms with van der Waals surface area (Å²) in [7, 11) is 0. The highest BCUT2D eigenvalue weighted by atomic mass is 79.9. The Labute approximate surface area is 70.4 Å². The second-order valence-corrected chi connectivity index (χ2v) is 2.66. The van der Waals surface area contributed by atoms with Crippen molar-refractivity contribution in [2.45, 2.75) is 12.5 Å². The highest BCUT2D eigenvalue weighted by Crippen LogP contribution is 2.18. The Balaban J connectivity index is 2.83. The summed E-state index contributed by atoms with van der Waals surface area (Å²) in [6.45, 7) is 0. The van der Waals surface area contributed by atoms with E-state index in [9.17, 15) is 14.4 Å². The molecule has 0 N–H and O–H groups in total.